The van der Waals surface area contributed by atoms with Crippen LogP contribution in [0, 0.1) is 5.92 Å². The van der Waals surface area contributed by atoms with Crippen molar-refractivity contribution in [2.75, 3.05) is 0 Å². The molecule has 0 radical (unpaired) electrons. The third-order valence-electron chi connectivity index (χ3n) is 2.86. The average Bonchev–Trinajstić information content (AvgIpc) is 2.28. The number of carbonyl (C=O) groups is 2. The quantitative estimate of drug-likeness (QED) is 0.872. The maximum atomic E-state index is 12.1. The van der Waals surface area contributed by atoms with Gasteiger partial charge in [-0.25, -0.2) is 0 Å². The second-order valence-electron chi connectivity index (χ2n) is 5.26. The lowest BCUT2D eigenvalue weighted by atomic mass is 9.89. The molecule has 2 amide bonds. The average molecular weight is 327 g/mol. The molecule has 5 heteroatoms. The van der Waals surface area contributed by atoms with E-state index in [1.54, 1.807) is 31.2 Å². The van der Waals surface area contributed by atoms with E-state index in [-0.39, 0.29) is 11.8 Å². The van der Waals surface area contributed by atoms with Crippen molar-refractivity contribution in [2.45, 2.75) is 32.7 Å². The van der Waals surface area contributed by atoms with Gasteiger partial charge in [0.2, 0.25) is 5.91 Å². The van der Waals surface area contributed by atoms with Crippen LogP contribution in [0.4, 0.5) is 0 Å². The monoisotopic (exact) mass is 326 g/mol. The minimum atomic E-state index is -1.03. The van der Waals surface area contributed by atoms with Crippen LogP contribution in [-0.4, -0.2) is 17.4 Å². The van der Waals surface area contributed by atoms with Gasteiger partial charge in [-0.2, -0.15) is 0 Å². The van der Waals surface area contributed by atoms with Crippen molar-refractivity contribution in [1.82, 2.24) is 5.32 Å². The van der Waals surface area contributed by atoms with Gasteiger partial charge >= 0.3 is 0 Å². The van der Waals surface area contributed by atoms with Crippen molar-refractivity contribution in [1.29, 1.82) is 0 Å². The number of hydrogen-bond acceptors (Lipinski definition) is 2. The molecule has 0 spiro atoms. The summed E-state index contributed by atoms with van der Waals surface area (Å²) in [6, 6.07) is 6.93. The van der Waals surface area contributed by atoms with Crippen molar-refractivity contribution in [3.05, 3.63) is 34.3 Å². The fraction of sp³-hybridized carbons (Fsp3) is 0.429. The van der Waals surface area contributed by atoms with E-state index in [4.69, 9.17) is 5.73 Å². The van der Waals surface area contributed by atoms with E-state index >= 15 is 0 Å². The molecule has 0 heterocycles. The first-order valence-corrected chi connectivity index (χ1v) is 6.92. The first-order chi connectivity index (χ1) is 8.74. The molecule has 0 aromatic heterocycles. The summed E-state index contributed by atoms with van der Waals surface area (Å²) >= 11 is 3.31. The smallest absolute Gasteiger partial charge is 0.252 e. The van der Waals surface area contributed by atoms with Crippen LogP contribution in [0.2, 0.25) is 0 Å². The number of primary amides is 1. The topological polar surface area (TPSA) is 72.2 Å². The van der Waals surface area contributed by atoms with E-state index in [9.17, 15) is 9.59 Å². The number of carbonyl (C=O) groups excluding carboxylic acids is 2. The zero-order valence-electron chi connectivity index (χ0n) is 11.4. The van der Waals surface area contributed by atoms with Crippen LogP contribution >= 0.6 is 15.9 Å². The third kappa shape index (κ3) is 4.35. The van der Waals surface area contributed by atoms with Crippen molar-refractivity contribution < 1.29 is 9.59 Å². The van der Waals surface area contributed by atoms with E-state index < -0.39 is 11.4 Å². The van der Waals surface area contributed by atoms with E-state index in [0.717, 1.165) is 4.47 Å². The summed E-state index contributed by atoms with van der Waals surface area (Å²) in [5.41, 5.74) is 4.88. The molecule has 1 atom stereocenters. The van der Waals surface area contributed by atoms with Gasteiger partial charge in [-0.3, -0.25) is 9.59 Å². The summed E-state index contributed by atoms with van der Waals surface area (Å²) in [5.74, 6) is -0.566. The molecule has 0 bridgehead atoms. The molecule has 0 fully saturated rings. The number of nitrogens with two attached hydrogens (primary N) is 1. The van der Waals surface area contributed by atoms with Crippen LogP contribution in [0.5, 0.6) is 0 Å². The standard InChI is InChI=1S/C14H19BrN2O2/c1-9(2)8-14(3,13(16)19)17-12(18)10-4-6-11(15)7-5-10/h4-7,9H,8H2,1-3H3,(H2,16,19)(H,17,18). The fourth-order valence-corrected chi connectivity index (χ4v) is 2.22. The van der Waals surface area contributed by atoms with Gasteiger partial charge in [0.15, 0.2) is 0 Å². The van der Waals surface area contributed by atoms with E-state index in [2.05, 4.69) is 21.2 Å². The lowest BCUT2D eigenvalue weighted by Gasteiger charge is -2.29. The molecule has 1 rings (SSSR count). The molecular weight excluding hydrogens is 308 g/mol. The number of hydrogen-bond donors (Lipinski definition) is 2. The molecule has 1 unspecified atom stereocenters. The van der Waals surface area contributed by atoms with E-state index in [0.29, 0.717) is 12.0 Å². The summed E-state index contributed by atoms with van der Waals surface area (Å²) in [6.07, 6.45) is 0.505. The molecule has 3 N–H and O–H groups in total. The SMILES string of the molecule is CC(C)CC(C)(NC(=O)c1ccc(Br)cc1)C(N)=O. The first-order valence-electron chi connectivity index (χ1n) is 6.12. The van der Waals surface area contributed by atoms with Crippen LogP contribution in [0.1, 0.15) is 37.6 Å². The third-order valence-corrected chi connectivity index (χ3v) is 3.38. The van der Waals surface area contributed by atoms with Gasteiger partial charge in [0.25, 0.3) is 5.91 Å². The fourth-order valence-electron chi connectivity index (χ4n) is 1.95. The van der Waals surface area contributed by atoms with Crippen molar-refractivity contribution >= 4 is 27.7 Å². The van der Waals surface area contributed by atoms with Crippen LogP contribution in [0.15, 0.2) is 28.7 Å². The highest BCUT2D eigenvalue weighted by atomic mass is 79.9. The summed E-state index contributed by atoms with van der Waals surface area (Å²) in [5, 5.41) is 2.73. The Bertz CT molecular complexity index is 471. The molecule has 1 aromatic rings. The number of amides is 2. The molecule has 1 aromatic carbocycles. The molecule has 19 heavy (non-hydrogen) atoms. The second-order valence-corrected chi connectivity index (χ2v) is 6.17. The molecule has 0 saturated heterocycles. The van der Waals surface area contributed by atoms with Crippen molar-refractivity contribution in [3.8, 4) is 0 Å². The van der Waals surface area contributed by atoms with Gasteiger partial charge in [-0.05, 0) is 43.5 Å². The minimum Gasteiger partial charge on any atom is -0.368 e. The van der Waals surface area contributed by atoms with Crippen LogP contribution < -0.4 is 11.1 Å². The van der Waals surface area contributed by atoms with Gasteiger partial charge in [0, 0.05) is 10.0 Å². The Hall–Kier alpha value is -1.36. The Balaban J connectivity index is 2.88. The highest BCUT2D eigenvalue weighted by molar-refractivity contribution is 9.10. The predicted octanol–water partition coefficient (Wildman–Crippen LogP) is 2.47. The van der Waals surface area contributed by atoms with Gasteiger partial charge in [0.05, 0.1) is 0 Å². The molecule has 0 aliphatic carbocycles. The maximum absolute atomic E-state index is 12.1. The van der Waals surface area contributed by atoms with Gasteiger partial charge in [-0.1, -0.05) is 29.8 Å². The van der Waals surface area contributed by atoms with E-state index in [1.807, 2.05) is 13.8 Å². The number of nitrogens with one attached hydrogen (secondary N) is 1. The molecule has 0 aliphatic heterocycles. The normalized spacial score (nSPS) is 13.9. The largest absolute Gasteiger partial charge is 0.368 e. The lowest BCUT2D eigenvalue weighted by molar-refractivity contribution is -0.124. The van der Waals surface area contributed by atoms with Gasteiger partial charge in [0.1, 0.15) is 5.54 Å². The number of benzene rings is 1. The Morgan fingerprint density at radius 3 is 2.26 bits per heavy atom. The Morgan fingerprint density at radius 1 is 1.32 bits per heavy atom. The zero-order valence-corrected chi connectivity index (χ0v) is 13.0. The summed E-state index contributed by atoms with van der Waals surface area (Å²) in [7, 11) is 0. The Kier molecular flexibility index (Phi) is 5.11. The molecule has 0 saturated carbocycles. The van der Waals surface area contributed by atoms with Gasteiger partial charge in [-0.15, -0.1) is 0 Å². The summed E-state index contributed by atoms with van der Waals surface area (Å²) < 4.78 is 0.892. The van der Waals surface area contributed by atoms with Crippen LogP contribution in [0.3, 0.4) is 0 Å². The molecular formula is C14H19BrN2O2. The number of halogens is 1. The highest BCUT2D eigenvalue weighted by Gasteiger charge is 2.33. The molecule has 4 nitrogen and oxygen atoms in total. The second kappa shape index (κ2) is 6.19. The highest BCUT2D eigenvalue weighted by Crippen LogP contribution is 2.18. The molecule has 104 valence electrons. The number of rotatable bonds is 5. The summed E-state index contributed by atoms with van der Waals surface area (Å²) in [6.45, 7) is 5.62. The Morgan fingerprint density at radius 2 is 1.84 bits per heavy atom. The van der Waals surface area contributed by atoms with Crippen LogP contribution in [-0.2, 0) is 4.79 Å². The summed E-state index contributed by atoms with van der Waals surface area (Å²) in [4.78, 5) is 23.7. The van der Waals surface area contributed by atoms with Crippen molar-refractivity contribution in [3.63, 3.8) is 0 Å². The van der Waals surface area contributed by atoms with E-state index in [1.165, 1.54) is 0 Å². The Labute approximate surface area is 121 Å². The van der Waals surface area contributed by atoms with Crippen LogP contribution in [0.25, 0.3) is 0 Å². The van der Waals surface area contributed by atoms with Gasteiger partial charge < -0.3 is 11.1 Å². The first kappa shape index (κ1) is 15.7. The van der Waals surface area contributed by atoms with Crippen molar-refractivity contribution in [2.24, 2.45) is 11.7 Å². The molecule has 0 aliphatic rings. The zero-order chi connectivity index (χ0) is 14.6. The minimum absolute atomic E-state index is 0.253. The maximum Gasteiger partial charge on any atom is 0.252 e. The lowest BCUT2D eigenvalue weighted by Crippen LogP contribution is -2.56. The predicted molar refractivity (Wildman–Crippen MR) is 78.7 cm³/mol.